The van der Waals surface area contributed by atoms with Gasteiger partial charge in [0.25, 0.3) is 5.82 Å². The van der Waals surface area contributed by atoms with E-state index in [9.17, 15) is 4.39 Å². The molecule has 2 aromatic rings. The Kier molecular flexibility index (Phi) is 1.52. The van der Waals surface area contributed by atoms with Crippen molar-refractivity contribution in [3.63, 3.8) is 0 Å². The Balaban J connectivity index is 2.86. The SMILES string of the molecule is [C-]#[N+]c1nc2cc(F)ccn2c1C. The predicted molar refractivity (Wildman–Crippen MR) is 46.1 cm³/mol. The van der Waals surface area contributed by atoms with Gasteiger partial charge in [0.2, 0.25) is 5.65 Å². The maximum atomic E-state index is 12.8. The largest absolute Gasteiger partial charge is 0.359 e. The van der Waals surface area contributed by atoms with E-state index in [1.165, 1.54) is 12.1 Å². The van der Waals surface area contributed by atoms with Crippen molar-refractivity contribution in [2.24, 2.45) is 0 Å². The van der Waals surface area contributed by atoms with Gasteiger partial charge < -0.3 is 4.85 Å². The molecule has 0 aliphatic rings. The number of pyridine rings is 1. The molecule has 0 saturated carbocycles. The summed E-state index contributed by atoms with van der Waals surface area (Å²) in [6, 6.07) is 2.65. The minimum atomic E-state index is -0.339. The van der Waals surface area contributed by atoms with Crippen molar-refractivity contribution in [1.29, 1.82) is 0 Å². The van der Waals surface area contributed by atoms with Gasteiger partial charge >= 0.3 is 0 Å². The second-order valence-electron chi connectivity index (χ2n) is 2.71. The third kappa shape index (κ3) is 1.05. The standard InChI is InChI=1S/C9H6FN3/c1-6-9(11-2)12-8-5-7(10)3-4-13(6)8/h3-5H,1H3. The van der Waals surface area contributed by atoms with E-state index >= 15 is 0 Å². The fraction of sp³-hybridized carbons (Fsp3) is 0.111. The molecule has 2 heterocycles. The molecule has 0 N–H and O–H groups in total. The van der Waals surface area contributed by atoms with Crippen molar-refractivity contribution < 1.29 is 4.39 Å². The van der Waals surface area contributed by atoms with Crippen LogP contribution < -0.4 is 0 Å². The van der Waals surface area contributed by atoms with Gasteiger partial charge in [0, 0.05) is 18.0 Å². The number of hydrogen-bond acceptors (Lipinski definition) is 1. The Morgan fingerprint density at radius 3 is 3.08 bits per heavy atom. The zero-order valence-electron chi connectivity index (χ0n) is 6.95. The predicted octanol–water partition coefficient (Wildman–Crippen LogP) is 2.33. The third-order valence-electron chi connectivity index (χ3n) is 1.91. The molecule has 0 aliphatic carbocycles. The molecule has 0 amide bonds. The summed E-state index contributed by atoms with van der Waals surface area (Å²) in [4.78, 5) is 7.19. The molecule has 13 heavy (non-hydrogen) atoms. The molecule has 0 aromatic carbocycles. The first-order valence-corrected chi connectivity index (χ1v) is 3.74. The zero-order chi connectivity index (χ0) is 9.42. The lowest BCUT2D eigenvalue weighted by Gasteiger charge is -1.92. The molecule has 64 valence electrons. The lowest BCUT2D eigenvalue weighted by molar-refractivity contribution is 0.626. The lowest BCUT2D eigenvalue weighted by Crippen LogP contribution is -1.86. The fourth-order valence-corrected chi connectivity index (χ4v) is 1.24. The van der Waals surface area contributed by atoms with E-state index in [1.54, 1.807) is 17.5 Å². The number of halogens is 1. The minimum Gasteiger partial charge on any atom is -0.359 e. The van der Waals surface area contributed by atoms with Gasteiger partial charge in [-0.2, -0.15) is 0 Å². The highest BCUT2D eigenvalue weighted by atomic mass is 19.1. The van der Waals surface area contributed by atoms with Crippen molar-refractivity contribution in [1.82, 2.24) is 9.38 Å². The normalized spacial score (nSPS) is 10.2. The zero-order valence-corrected chi connectivity index (χ0v) is 6.95. The van der Waals surface area contributed by atoms with Crippen LogP contribution in [0, 0.1) is 19.3 Å². The molecular formula is C9H6FN3. The van der Waals surface area contributed by atoms with E-state index in [-0.39, 0.29) is 5.82 Å². The summed E-state index contributed by atoms with van der Waals surface area (Å²) < 4.78 is 14.4. The first-order valence-electron chi connectivity index (χ1n) is 3.74. The van der Waals surface area contributed by atoms with Gasteiger partial charge in [-0.1, -0.05) is 11.6 Å². The van der Waals surface area contributed by atoms with E-state index in [0.717, 1.165) is 5.69 Å². The van der Waals surface area contributed by atoms with Gasteiger partial charge in [-0.05, 0) is 13.0 Å². The summed E-state index contributed by atoms with van der Waals surface area (Å²) in [5.41, 5.74) is 1.22. The maximum Gasteiger partial charge on any atom is 0.291 e. The summed E-state index contributed by atoms with van der Waals surface area (Å²) in [6.07, 6.45) is 1.57. The fourth-order valence-electron chi connectivity index (χ4n) is 1.24. The van der Waals surface area contributed by atoms with Crippen molar-refractivity contribution in [3.8, 4) is 0 Å². The van der Waals surface area contributed by atoms with Crippen LogP contribution in [0.2, 0.25) is 0 Å². The highest BCUT2D eigenvalue weighted by Crippen LogP contribution is 2.19. The number of aryl methyl sites for hydroxylation is 1. The molecule has 0 bridgehead atoms. The highest BCUT2D eigenvalue weighted by molar-refractivity contribution is 5.54. The number of rotatable bonds is 0. The lowest BCUT2D eigenvalue weighted by atomic mass is 10.4. The topological polar surface area (TPSA) is 21.7 Å². The van der Waals surface area contributed by atoms with Crippen molar-refractivity contribution in [2.75, 3.05) is 0 Å². The van der Waals surface area contributed by atoms with Crippen LogP contribution in [0.4, 0.5) is 10.2 Å². The second-order valence-corrected chi connectivity index (χ2v) is 2.71. The first-order chi connectivity index (χ1) is 6.22. The van der Waals surface area contributed by atoms with Crippen LogP contribution >= 0.6 is 0 Å². The molecule has 2 aromatic heterocycles. The average Bonchev–Trinajstić information content (AvgIpc) is 2.42. The molecule has 0 saturated heterocycles. The Hall–Kier alpha value is -1.89. The first kappa shape index (κ1) is 7.74. The average molecular weight is 175 g/mol. The van der Waals surface area contributed by atoms with E-state index in [1.807, 2.05) is 0 Å². The minimum absolute atomic E-state index is 0.325. The molecule has 3 nitrogen and oxygen atoms in total. The molecule has 0 spiro atoms. The van der Waals surface area contributed by atoms with Gasteiger partial charge in [0.1, 0.15) is 5.82 Å². The number of aromatic nitrogens is 2. The van der Waals surface area contributed by atoms with Crippen molar-refractivity contribution in [2.45, 2.75) is 6.92 Å². The van der Waals surface area contributed by atoms with Gasteiger partial charge in [-0.25, -0.2) is 4.39 Å². The number of hydrogen-bond donors (Lipinski definition) is 0. The van der Waals surface area contributed by atoms with E-state index in [0.29, 0.717) is 11.5 Å². The monoisotopic (exact) mass is 175 g/mol. The summed E-state index contributed by atoms with van der Waals surface area (Å²) in [6.45, 7) is 8.61. The third-order valence-corrected chi connectivity index (χ3v) is 1.91. The van der Waals surface area contributed by atoms with E-state index in [4.69, 9.17) is 6.57 Å². The van der Waals surface area contributed by atoms with Crippen LogP contribution in [0.5, 0.6) is 0 Å². The Bertz CT molecular complexity index is 507. The summed E-state index contributed by atoms with van der Waals surface area (Å²) in [7, 11) is 0. The van der Waals surface area contributed by atoms with Crippen LogP contribution in [0.15, 0.2) is 18.3 Å². The molecular weight excluding hydrogens is 169 g/mol. The van der Waals surface area contributed by atoms with Gasteiger partial charge in [-0.15, -0.1) is 0 Å². The highest BCUT2D eigenvalue weighted by Gasteiger charge is 2.09. The number of nitrogens with zero attached hydrogens (tertiary/aromatic N) is 3. The molecule has 2 rings (SSSR count). The van der Waals surface area contributed by atoms with E-state index in [2.05, 4.69) is 9.83 Å². The smallest absolute Gasteiger partial charge is 0.291 e. The Morgan fingerprint density at radius 1 is 1.62 bits per heavy atom. The Labute approximate surface area is 74.3 Å². The van der Waals surface area contributed by atoms with Gasteiger partial charge in [0.15, 0.2) is 0 Å². The summed E-state index contributed by atoms with van der Waals surface area (Å²) in [5.74, 6) is -0.0142. The molecule has 0 unspecified atom stereocenters. The van der Waals surface area contributed by atoms with Crippen LogP contribution in [0.25, 0.3) is 10.5 Å². The molecule has 0 radical (unpaired) electrons. The van der Waals surface area contributed by atoms with Crippen LogP contribution in [-0.2, 0) is 0 Å². The van der Waals surface area contributed by atoms with E-state index < -0.39 is 0 Å². The summed E-state index contributed by atoms with van der Waals surface area (Å²) in [5, 5.41) is 0. The number of fused-ring (bicyclic) bond motifs is 1. The molecule has 0 aliphatic heterocycles. The van der Waals surface area contributed by atoms with Crippen molar-refractivity contribution >= 4 is 11.5 Å². The molecule has 0 atom stereocenters. The van der Waals surface area contributed by atoms with Gasteiger partial charge in [0.05, 0.1) is 0 Å². The van der Waals surface area contributed by atoms with Crippen LogP contribution in [0.3, 0.4) is 0 Å². The van der Waals surface area contributed by atoms with Crippen LogP contribution in [0.1, 0.15) is 5.69 Å². The van der Waals surface area contributed by atoms with Gasteiger partial charge in [-0.3, -0.25) is 4.40 Å². The van der Waals surface area contributed by atoms with Crippen LogP contribution in [-0.4, -0.2) is 9.38 Å². The van der Waals surface area contributed by atoms with Crippen molar-refractivity contribution in [3.05, 3.63) is 41.3 Å². The Morgan fingerprint density at radius 2 is 2.38 bits per heavy atom. The number of imidazole rings is 1. The maximum absolute atomic E-state index is 12.8. The summed E-state index contributed by atoms with van der Waals surface area (Å²) >= 11 is 0. The molecule has 0 fully saturated rings. The second kappa shape index (κ2) is 2.56. The quantitative estimate of drug-likeness (QED) is 0.563. The molecule has 4 heteroatoms.